The molecule has 5 heteroatoms. The SMILES string of the molecule is Cc1ccccc1C(=O)N(CCCNC(=O)c1ccco1)c1ccccc1. The maximum Gasteiger partial charge on any atom is 0.286 e. The Hall–Kier alpha value is -3.34. The Morgan fingerprint density at radius 1 is 0.963 bits per heavy atom. The minimum absolute atomic E-state index is 0.0448. The molecule has 0 aliphatic rings. The van der Waals surface area contributed by atoms with E-state index in [1.165, 1.54) is 6.26 Å². The van der Waals surface area contributed by atoms with E-state index in [1.807, 2.05) is 61.5 Å². The van der Waals surface area contributed by atoms with Crippen molar-refractivity contribution in [3.8, 4) is 0 Å². The van der Waals surface area contributed by atoms with Crippen LogP contribution in [0.5, 0.6) is 0 Å². The molecule has 0 aliphatic carbocycles. The number of anilines is 1. The molecule has 0 bridgehead atoms. The Bertz CT molecular complexity index is 889. The summed E-state index contributed by atoms with van der Waals surface area (Å²) < 4.78 is 5.08. The summed E-state index contributed by atoms with van der Waals surface area (Å²) in [5.41, 5.74) is 2.46. The number of hydrogen-bond donors (Lipinski definition) is 1. The third-order valence-corrected chi connectivity index (χ3v) is 4.28. The fourth-order valence-electron chi connectivity index (χ4n) is 2.85. The molecule has 0 saturated heterocycles. The summed E-state index contributed by atoms with van der Waals surface area (Å²) in [6, 6.07) is 20.4. The predicted octanol–water partition coefficient (Wildman–Crippen LogP) is 4.05. The number of nitrogens with one attached hydrogen (secondary N) is 1. The second kappa shape index (κ2) is 8.85. The Morgan fingerprint density at radius 3 is 2.41 bits per heavy atom. The zero-order valence-corrected chi connectivity index (χ0v) is 15.2. The lowest BCUT2D eigenvalue weighted by molar-refractivity contribution is 0.0926. The van der Waals surface area contributed by atoms with E-state index in [9.17, 15) is 9.59 Å². The van der Waals surface area contributed by atoms with Crippen LogP contribution in [0.4, 0.5) is 5.69 Å². The van der Waals surface area contributed by atoms with Crippen LogP contribution >= 0.6 is 0 Å². The molecule has 2 aromatic carbocycles. The molecule has 0 radical (unpaired) electrons. The number of para-hydroxylation sites is 1. The van der Waals surface area contributed by atoms with Crippen LogP contribution in [0.25, 0.3) is 0 Å². The first kappa shape index (κ1) is 18.5. The van der Waals surface area contributed by atoms with Gasteiger partial charge in [-0.2, -0.15) is 0 Å². The number of benzene rings is 2. The van der Waals surface area contributed by atoms with Crippen LogP contribution in [-0.2, 0) is 0 Å². The molecule has 3 rings (SSSR count). The van der Waals surface area contributed by atoms with Crippen LogP contribution in [0.3, 0.4) is 0 Å². The molecule has 138 valence electrons. The van der Waals surface area contributed by atoms with Crippen molar-refractivity contribution in [3.05, 3.63) is 89.9 Å². The molecule has 0 spiro atoms. The van der Waals surface area contributed by atoms with Gasteiger partial charge in [-0.25, -0.2) is 0 Å². The summed E-state index contributed by atoms with van der Waals surface area (Å²) in [7, 11) is 0. The summed E-state index contributed by atoms with van der Waals surface area (Å²) >= 11 is 0. The molecule has 27 heavy (non-hydrogen) atoms. The smallest absolute Gasteiger partial charge is 0.286 e. The second-order valence-electron chi connectivity index (χ2n) is 6.19. The molecule has 1 aromatic heterocycles. The summed E-state index contributed by atoms with van der Waals surface area (Å²) in [5, 5.41) is 2.81. The van der Waals surface area contributed by atoms with Gasteiger partial charge in [0.2, 0.25) is 0 Å². The number of rotatable bonds is 7. The van der Waals surface area contributed by atoms with Crippen molar-refractivity contribution in [1.29, 1.82) is 0 Å². The highest BCUT2D eigenvalue weighted by atomic mass is 16.3. The van der Waals surface area contributed by atoms with Crippen molar-refractivity contribution in [3.63, 3.8) is 0 Å². The molecule has 1 heterocycles. The van der Waals surface area contributed by atoms with Gasteiger partial charge in [0.1, 0.15) is 0 Å². The molecule has 0 atom stereocenters. The van der Waals surface area contributed by atoms with E-state index in [-0.39, 0.29) is 17.6 Å². The lowest BCUT2D eigenvalue weighted by Gasteiger charge is -2.24. The Balaban J connectivity index is 1.67. The highest BCUT2D eigenvalue weighted by molar-refractivity contribution is 6.07. The third-order valence-electron chi connectivity index (χ3n) is 4.28. The molecule has 0 fully saturated rings. The van der Waals surface area contributed by atoms with Gasteiger partial charge in [0.15, 0.2) is 5.76 Å². The van der Waals surface area contributed by atoms with Gasteiger partial charge in [-0.1, -0.05) is 36.4 Å². The standard InChI is InChI=1S/C22H22N2O3/c1-17-9-5-6-12-19(17)22(26)24(18-10-3-2-4-11-18)15-8-14-23-21(25)20-13-7-16-27-20/h2-7,9-13,16H,8,14-15H2,1H3,(H,23,25). The molecule has 0 unspecified atom stereocenters. The Kier molecular flexibility index (Phi) is 6.05. The topological polar surface area (TPSA) is 62.6 Å². The van der Waals surface area contributed by atoms with E-state index in [4.69, 9.17) is 4.42 Å². The number of carbonyl (C=O) groups excluding carboxylic acids is 2. The van der Waals surface area contributed by atoms with Gasteiger partial charge >= 0.3 is 0 Å². The zero-order valence-electron chi connectivity index (χ0n) is 15.2. The predicted molar refractivity (Wildman–Crippen MR) is 105 cm³/mol. The van der Waals surface area contributed by atoms with E-state index >= 15 is 0 Å². The molecule has 1 N–H and O–H groups in total. The first-order chi connectivity index (χ1) is 13.2. The van der Waals surface area contributed by atoms with Crippen molar-refractivity contribution in [2.24, 2.45) is 0 Å². The average Bonchev–Trinajstić information content (AvgIpc) is 3.23. The van der Waals surface area contributed by atoms with Gasteiger partial charge in [0.05, 0.1) is 6.26 Å². The lowest BCUT2D eigenvalue weighted by atomic mass is 10.1. The Morgan fingerprint density at radius 2 is 1.70 bits per heavy atom. The summed E-state index contributed by atoms with van der Waals surface area (Å²) in [6.07, 6.45) is 2.09. The zero-order chi connectivity index (χ0) is 19.1. The number of hydrogen-bond acceptors (Lipinski definition) is 3. The highest BCUT2D eigenvalue weighted by Gasteiger charge is 2.19. The summed E-state index contributed by atoms with van der Waals surface area (Å²) in [5.74, 6) is -0.0148. The van der Waals surface area contributed by atoms with Crippen LogP contribution < -0.4 is 10.2 Å². The highest BCUT2D eigenvalue weighted by Crippen LogP contribution is 2.19. The Labute approximate surface area is 158 Å². The minimum atomic E-state index is -0.253. The van der Waals surface area contributed by atoms with Crippen molar-refractivity contribution < 1.29 is 14.0 Å². The maximum absolute atomic E-state index is 13.1. The van der Waals surface area contributed by atoms with Gasteiger partial charge in [-0.15, -0.1) is 0 Å². The van der Waals surface area contributed by atoms with Crippen LogP contribution in [0.15, 0.2) is 77.4 Å². The molecule has 3 aromatic rings. The minimum Gasteiger partial charge on any atom is -0.459 e. The lowest BCUT2D eigenvalue weighted by Crippen LogP contribution is -2.34. The summed E-state index contributed by atoms with van der Waals surface area (Å²) in [6.45, 7) is 2.87. The van der Waals surface area contributed by atoms with E-state index in [0.717, 1.165) is 11.3 Å². The molecule has 2 amide bonds. The van der Waals surface area contributed by atoms with E-state index < -0.39 is 0 Å². The molecule has 5 nitrogen and oxygen atoms in total. The molecule has 0 aliphatic heterocycles. The van der Waals surface area contributed by atoms with Crippen LogP contribution in [0.2, 0.25) is 0 Å². The van der Waals surface area contributed by atoms with Crippen LogP contribution in [0, 0.1) is 6.92 Å². The maximum atomic E-state index is 13.1. The van der Waals surface area contributed by atoms with E-state index in [0.29, 0.717) is 25.1 Å². The monoisotopic (exact) mass is 362 g/mol. The van der Waals surface area contributed by atoms with Gasteiger partial charge in [0, 0.05) is 24.3 Å². The molecule has 0 saturated carbocycles. The second-order valence-corrected chi connectivity index (χ2v) is 6.19. The van der Waals surface area contributed by atoms with Crippen molar-refractivity contribution in [2.45, 2.75) is 13.3 Å². The van der Waals surface area contributed by atoms with Crippen molar-refractivity contribution in [1.82, 2.24) is 5.32 Å². The van der Waals surface area contributed by atoms with Crippen molar-refractivity contribution in [2.75, 3.05) is 18.0 Å². The van der Waals surface area contributed by atoms with Gasteiger partial charge in [-0.3, -0.25) is 9.59 Å². The van der Waals surface area contributed by atoms with Crippen molar-refractivity contribution >= 4 is 17.5 Å². The quantitative estimate of drug-likeness (QED) is 0.645. The fraction of sp³-hybridized carbons (Fsp3) is 0.182. The fourth-order valence-corrected chi connectivity index (χ4v) is 2.85. The average molecular weight is 362 g/mol. The van der Waals surface area contributed by atoms with Gasteiger partial charge in [-0.05, 0) is 49.2 Å². The van der Waals surface area contributed by atoms with Crippen LogP contribution in [0.1, 0.15) is 32.9 Å². The first-order valence-corrected chi connectivity index (χ1v) is 8.91. The molecular weight excluding hydrogens is 340 g/mol. The normalized spacial score (nSPS) is 10.4. The molecular formula is C22H22N2O3. The first-order valence-electron chi connectivity index (χ1n) is 8.91. The number of aryl methyl sites for hydroxylation is 1. The number of carbonyl (C=O) groups is 2. The van der Waals surface area contributed by atoms with E-state index in [1.54, 1.807) is 17.0 Å². The van der Waals surface area contributed by atoms with Crippen LogP contribution in [-0.4, -0.2) is 24.9 Å². The van der Waals surface area contributed by atoms with Gasteiger partial charge < -0.3 is 14.6 Å². The third kappa shape index (κ3) is 4.64. The number of amides is 2. The number of furan rings is 1. The largest absolute Gasteiger partial charge is 0.459 e. The number of nitrogens with zero attached hydrogens (tertiary/aromatic N) is 1. The van der Waals surface area contributed by atoms with E-state index in [2.05, 4.69) is 5.32 Å². The van der Waals surface area contributed by atoms with Gasteiger partial charge in [0.25, 0.3) is 11.8 Å². The summed E-state index contributed by atoms with van der Waals surface area (Å²) in [4.78, 5) is 26.8.